The molecular weight excluding hydrogens is 302 g/mol. The summed E-state index contributed by atoms with van der Waals surface area (Å²) in [5.41, 5.74) is 0.637. The Morgan fingerprint density at radius 3 is 2.77 bits per heavy atom. The molecular formula is C15H17N3O3S. The summed E-state index contributed by atoms with van der Waals surface area (Å²) in [5.74, 6) is -0.392. The lowest BCUT2D eigenvalue weighted by molar-refractivity contribution is -0.141. The molecule has 22 heavy (non-hydrogen) atoms. The van der Waals surface area contributed by atoms with Crippen molar-refractivity contribution in [1.82, 2.24) is 14.3 Å². The lowest BCUT2D eigenvalue weighted by Gasteiger charge is -2.19. The number of benzene rings is 1. The molecule has 0 radical (unpaired) electrons. The summed E-state index contributed by atoms with van der Waals surface area (Å²) in [6.07, 6.45) is 3.89. The van der Waals surface area contributed by atoms with Crippen LogP contribution in [0.15, 0.2) is 34.0 Å². The van der Waals surface area contributed by atoms with E-state index in [1.165, 1.54) is 9.25 Å². The average Bonchev–Trinajstić information content (AvgIpc) is 2.84. The number of carboxylic acid groups (broad SMARTS) is 1. The maximum atomic E-state index is 12.5. The summed E-state index contributed by atoms with van der Waals surface area (Å²) in [4.78, 5) is 24.9. The molecule has 1 aromatic heterocycles. The summed E-state index contributed by atoms with van der Waals surface area (Å²) in [6.45, 7) is 0.361. The number of rotatable bonds is 4. The molecule has 1 aliphatic heterocycles. The molecule has 7 heteroatoms. The second-order valence-electron chi connectivity index (χ2n) is 5.32. The minimum atomic E-state index is -0.966. The Labute approximate surface area is 131 Å². The van der Waals surface area contributed by atoms with Crippen molar-refractivity contribution >= 4 is 17.7 Å². The van der Waals surface area contributed by atoms with E-state index in [0.29, 0.717) is 25.2 Å². The van der Waals surface area contributed by atoms with E-state index in [1.807, 2.05) is 30.5 Å². The van der Waals surface area contributed by atoms with Gasteiger partial charge >= 0.3 is 11.7 Å². The van der Waals surface area contributed by atoms with Crippen LogP contribution in [0.3, 0.4) is 0 Å². The summed E-state index contributed by atoms with van der Waals surface area (Å²) < 4.78 is 2.70. The first kappa shape index (κ1) is 14.9. The van der Waals surface area contributed by atoms with E-state index >= 15 is 0 Å². The Bertz CT molecular complexity index is 748. The van der Waals surface area contributed by atoms with Crippen LogP contribution in [0.1, 0.15) is 30.3 Å². The molecule has 2 heterocycles. The monoisotopic (exact) mass is 319 g/mol. The Balaban J connectivity index is 1.92. The molecule has 2 aromatic rings. The van der Waals surface area contributed by atoms with Crippen molar-refractivity contribution in [3.63, 3.8) is 0 Å². The summed E-state index contributed by atoms with van der Waals surface area (Å²) >= 11 is 1.66. The van der Waals surface area contributed by atoms with E-state index in [9.17, 15) is 14.7 Å². The van der Waals surface area contributed by atoms with Gasteiger partial charge in [-0.1, -0.05) is 12.1 Å². The summed E-state index contributed by atoms with van der Waals surface area (Å²) in [6, 6.07) is 7.14. The highest BCUT2D eigenvalue weighted by molar-refractivity contribution is 7.98. The number of aryl methyl sites for hydroxylation is 1. The fourth-order valence-corrected chi connectivity index (χ4v) is 3.18. The fraction of sp³-hybridized carbons (Fsp3) is 0.400. The third-order valence-electron chi connectivity index (χ3n) is 3.91. The number of carboxylic acids is 1. The maximum Gasteiger partial charge on any atom is 0.347 e. The number of carbonyl (C=O) groups is 1. The Morgan fingerprint density at radius 1 is 1.41 bits per heavy atom. The highest BCUT2D eigenvalue weighted by atomic mass is 32.2. The van der Waals surface area contributed by atoms with Gasteiger partial charge in [0, 0.05) is 11.3 Å². The number of thioether (sulfide) groups is 1. The number of hydrogen-bond acceptors (Lipinski definition) is 4. The Hall–Kier alpha value is -2.02. The molecule has 3 rings (SSSR count). The third kappa shape index (κ3) is 2.68. The smallest absolute Gasteiger partial charge is 0.347 e. The molecule has 1 N–H and O–H groups in total. The number of aliphatic carboxylic acids is 1. The van der Waals surface area contributed by atoms with Crippen LogP contribution >= 0.6 is 11.8 Å². The van der Waals surface area contributed by atoms with Gasteiger partial charge in [-0.3, -0.25) is 4.57 Å². The quantitative estimate of drug-likeness (QED) is 0.869. The van der Waals surface area contributed by atoms with Crippen LogP contribution in [0.4, 0.5) is 0 Å². The number of aromatic nitrogens is 3. The second kappa shape index (κ2) is 6.00. The van der Waals surface area contributed by atoms with Gasteiger partial charge in [0.15, 0.2) is 0 Å². The summed E-state index contributed by atoms with van der Waals surface area (Å²) in [7, 11) is 0. The zero-order chi connectivity index (χ0) is 15.7. The normalized spacial score (nSPS) is 17.2. The van der Waals surface area contributed by atoms with E-state index in [0.717, 1.165) is 16.9 Å². The molecule has 0 fully saturated rings. The van der Waals surface area contributed by atoms with Crippen LogP contribution in [0.2, 0.25) is 0 Å². The van der Waals surface area contributed by atoms with Gasteiger partial charge in [-0.2, -0.15) is 5.10 Å². The molecule has 6 nitrogen and oxygen atoms in total. The van der Waals surface area contributed by atoms with Gasteiger partial charge in [-0.15, -0.1) is 11.8 Å². The minimum Gasteiger partial charge on any atom is -0.480 e. The topological polar surface area (TPSA) is 77.1 Å². The zero-order valence-electron chi connectivity index (χ0n) is 12.2. The number of nitrogens with zero attached hydrogens (tertiary/aromatic N) is 3. The maximum absolute atomic E-state index is 12.5. The molecule has 0 saturated carbocycles. The highest BCUT2D eigenvalue weighted by Gasteiger charge is 2.30. The van der Waals surface area contributed by atoms with Crippen molar-refractivity contribution in [2.24, 2.45) is 0 Å². The van der Waals surface area contributed by atoms with Crippen LogP contribution < -0.4 is 5.69 Å². The SMILES string of the molecule is CSc1ccc(Cn2nc3n(c2=O)[C@@H](C(=O)O)CCC3)cc1. The molecule has 1 aliphatic rings. The van der Waals surface area contributed by atoms with Crippen molar-refractivity contribution < 1.29 is 9.90 Å². The predicted molar refractivity (Wildman–Crippen MR) is 83.4 cm³/mol. The van der Waals surface area contributed by atoms with Crippen LogP contribution in [0.5, 0.6) is 0 Å². The molecule has 1 aromatic carbocycles. The van der Waals surface area contributed by atoms with E-state index in [-0.39, 0.29) is 5.69 Å². The lowest BCUT2D eigenvalue weighted by atomic mass is 10.1. The van der Waals surface area contributed by atoms with Crippen LogP contribution in [0.25, 0.3) is 0 Å². The van der Waals surface area contributed by atoms with Gasteiger partial charge in [-0.05, 0) is 36.8 Å². The highest BCUT2D eigenvalue weighted by Crippen LogP contribution is 2.22. The molecule has 116 valence electrons. The predicted octanol–water partition coefficient (Wildman–Crippen LogP) is 1.78. The standard InChI is InChI=1S/C15H17N3O3S/c1-22-11-7-5-10(6-8-11)9-17-15(21)18-12(14(19)20)3-2-4-13(18)16-17/h5-8,12H,2-4,9H2,1H3,(H,19,20)/t12-/m1/s1. The van der Waals surface area contributed by atoms with E-state index < -0.39 is 12.0 Å². The van der Waals surface area contributed by atoms with Crippen LogP contribution in [0, 0.1) is 0 Å². The largest absolute Gasteiger partial charge is 0.480 e. The van der Waals surface area contributed by atoms with Gasteiger partial charge in [0.05, 0.1) is 6.54 Å². The molecule has 0 aliphatic carbocycles. The first-order valence-electron chi connectivity index (χ1n) is 7.14. The zero-order valence-corrected chi connectivity index (χ0v) is 13.0. The van der Waals surface area contributed by atoms with Crippen LogP contribution in [-0.2, 0) is 17.8 Å². The van der Waals surface area contributed by atoms with Crippen molar-refractivity contribution in [2.45, 2.75) is 36.7 Å². The van der Waals surface area contributed by atoms with Gasteiger partial charge in [0.2, 0.25) is 0 Å². The molecule has 0 amide bonds. The van der Waals surface area contributed by atoms with E-state index in [1.54, 1.807) is 11.8 Å². The Morgan fingerprint density at radius 2 is 2.14 bits per heavy atom. The van der Waals surface area contributed by atoms with Crippen molar-refractivity contribution in [2.75, 3.05) is 6.26 Å². The molecule has 0 bridgehead atoms. The second-order valence-corrected chi connectivity index (χ2v) is 6.20. The van der Waals surface area contributed by atoms with Crippen molar-refractivity contribution in [3.8, 4) is 0 Å². The van der Waals surface area contributed by atoms with Gasteiger partial charge in [-0.25, -0.2) is 14.3 Å². The van der Waals surface area contributed by atoms with Crippen molar-refractivity contribution in [1.29, 1.82) is 0 Å². The third-order valence-corrected chi connectivity index (χ3v) is 4.65. The first-order valence-corrected chi connectivity index (χ1v) is 8.36. The molecule has 1 atom stereocenters. The average molecular weight is 319 g/mol. The Kier molecular flexibility index (Phi) is 4.06. The summed E-state index contributed by atoms with van der Waals surface area (Å²) in [5, 5.41) is 13.6. The van der Waals surface area contributed by atoms with Crippen LogP contribution in [-0.4, -0.2) is 31.7 Å². The molecule has 0 spiro atoms. The van der Waals surface area contributed by atoms with Crippen molar-refractivity contribution in [3.05, 3.63) is 46.1 Å². The fourth-order valence-electron chi connectivity index (χ4n) is 2.77. The number of fused-ring (bicyclic) bond motifs is 1. The molecule has 0 unspecified atom stereocenters. The molecule has 0 saturated heterocycles. The van der Waals surface area contributed by atoms with Gasteiger partial charge in [0.25, 0.3) is 0 Å². The first-order chi connectivity index (χ1) is 10.6. The van der Waals surface area contributed by atoms with Gasteiger partial charge < -0.3 is 5.11 Å². The van der Waals surface area contributed by atoms with E-state index in [2.05, 4.69) is 5.10 Å². The lowest BCUT2D eigenvalue weighted by Crippen LogP contribution is -2.34. The minimum absolute atomic E-state index is 0.337. The number of hydrogen-bond donors (Lipinski definition) is 1. The van der Waals surface area contributed by atoms with E-state index in [4.69, 9.17) is 0 Å². The van der Waals surface area contributed by atoms with Gasteiger partial charge in [0.1, 0.15) is 11.9 Å².